The lowest BCUT2D eigenvalue weighted by Crippen LogP contribution is -2.23. The lowest BCUT2D eigenvalue weighted by atomic mass is 10.3. The first-order valence-corrected chi connectivity index (χ1v) is 6.44. The maximum absolute atomic E-state index is 11.7. The molecular formula is C11H12N4O3S. The van der Waals surface area contributed by atoms with Gasteiger partial charge in [-0.2, -0.15) is 5.10 Å². The number of hydrogen-bond acceptors (Lipinski definition) is 5. The number of carboxylic acid groups (broad SMARTS) is 1. The van der Waals surface area contributed by atoms with Crippen LogP contribution >= 0.6 is 11.3 Å². The van der Waals surface area contributed by atoms with E-state index in [-0.39, 0.29) is 10.8 Å². The molecule has 2 heterocycles. The summed E-state index contributed by atoms with van der Waals surface area (Å²) in [5.74, 6) is -0.497. The maximum Gasteiger partial charge on any atom is 0.345 e. The van der Waals surface area contributed by atoms with E-state index in [0.29, 0.717) is 17.8 Å². The van der Waals surface area contributed by atoms with E-state index in [4.69, 9.17) is 5.11 Å². The van der Waals surface area contributed by atoms with Crippen molar-refractivity contribution in [1.82, 2.24) is 20.5 Å². The summed E-state index contributed by atoms with van der Waals surface area (Å²) in [7, 11) is 0. The Kier molecular flexibility index (Phi) is 4.24. The molecule has 0 aliphatic heterocycles. The smallest absolute Gasteiger partial charge is 0.345 e. The summed E-state index contributed by atoms with van der Waals surface area (Å²) < 4.78 is 0. The third kappa shape index (κ3) is 3.62. The second kappa shape index (κ2) is 6.10. The number of nitrogens with one attached hydrogen (secondary N) is 2. The van der Waals surface area contributed by atoms with Crippen LogP contribution in [0.5, 0.6) is 0 Å². The Bertz CT molecular complexity index is 564. The van der Waals surface area contributed by atoms with Crippen molar-refractivity contribution in [3.8, 4) is 0 Å². The van der Waals surface area contributed by atoms with Crippen LogP contribution in [0.3, 0.4) is 0 Å². The zero-order valence-electron chi connectivity index (χ0n) is 9.92. The molecule has 100 valence electrons. The Balaban J connectivity index is 1.76. The van der Waals surface area contributed by atoms with E-state index >= 15 is 0 Å². The molecule has 0 atom stereocenters. The van der Waals surface area contributed by atoms with E-state index < -0.39 is 5.97 Å². The zero-order valence-corrected chi connectivity index (χ0v) is 10.7. The largest absolute Gasteiger partial charge is 0.477 e. The van der Waals surface area contributed by atoms with E-state index in [1.54, 1.807) is 0 Å². The molecule has 0 aliphatic rings. The predicted molar refractivity (Wildman–Crippen MR) is 68.3 cm³/mol. The van der Waals surface area contributed by atoms with Crippen molar-refractivity contribution in [2.45, 2.75) is 12.8 Å². The first-order chi connectivity index (χ1) is 9.16. The Labute approximate surface area is 112 Å². The first kappa shape index (κ1) is 13.2. The van der Waals surface area contributed by atoms with Gasteiger partial charge >= 0.3 is 5.97 Å². The van der Waals surface area contributed by atoms with Crippen molar-refractivity contribution in [3.63, 3.8) is 0 Å². The molecule has 2 aromatic heterocycles. The standard InChI is InChI=1S/C11H12N4O3S/c16-10(7-3-4-8(19-7)11(17)18)12-5-1-2-9-13-6-14-15-9/h3-4,6H,1-2,5H2,(H,12,16)(H,17,18)(H,13,14,15). The molecule has 0 aliphatic carbocycles. The number of carbonyl (C=O) groups is 2. The van der Waals surface area contributed by atoms with Gasteiger partial charge in [0.15, 0.2) is 0 Å². The van der Waals surface area contributed by atoms with Crippen LogP contribution in [-0.4, -0.2) is 38.7 Å². The van der Waals surface area contributed by atoms with Crippen LogP contribution in [0.2, 0.25) is 0 Å². The van der Waals surface area contributed by atoms with Crippen LogP contribution in [0.1, 0.15) is 31.6 Å². The summed E-state index contributed by atoms with van der Waals surface area (Å²) in [6, 6.07) is 2.94. The Morgan fingerprint density at radius 3 is 2.79 bits per heavy atom. The van der Waals surface area contributed by atoms with Gasteiger partial charge in [0.25, 0.3) is 5.91 Å². The molecule has 0 saturated carbocycles. The molecule has 0 unspecified atom stereocenters. The van der Waals surface area contributed by atoms with Gasteiger partial charge in [-0.3, -0.25) is 9.89 Å². The van der Waals surface area contributed by atoms with Gasteiger partial charge in [0.2, 0.25) is 0 Å². The number of aromatic amines is 1. The fourth-order valence-corrected chi connectivity index (χ4v) is 2.23. The molecule has 0 spiro atoms. The second-order valence-electron chi connectivity index (χ2n) is 3.76. The van der Waals surface area contributed by atoms with Gasteiger partial charge in [0.05, 0.1) is 4.88 Å². The third-order valence-corrected chi connectivity index (χ3v) is 3.45. The van der Waals surface area contributed by atoms with Crippen LogP contribution in [0.25, 0.3) is 0 Å². The number of nitrogens with zero attached hydrogens (tertiary/aromatic N) is 2. The molecule has 19 heavy (non-hydrogen) atoms. The summed E-state index contributed by atoms with van der Waals surface area (Å²) in [6.45, 7) is 0.500. The quantitative estimate of drug-likeness (QED) is 0.682. The predicted octanol–water partition coefficient (Wildman–Crippen LogP) is 0.927. The fraction of sp³-hybridized carbons (Fsp3) is 0.273. The van der Waals surface area contributed by atoms with E-state index in [1.807, 2.05) is 0 Å². The maximum atomic E-state index is 11.7. The summed E-state index contributed by atoms with van der Waals surface area (Å²) in [5.41, 5.74) is 0. The molecule has 0 radical (unpaired) electrons. The number of hydrogen-bond donors (Lipinski definition) is 3. The summed E-state index contributed by atoms with van der Waals surface area (Å²) >= 11 is 0.965. The summed E-state index contributed by atoms with van der Waals surface area (Å²) in [6.07, 6.45) is 2.87. The minimum atomic E-state index is -1.02. The first-order valence-electron chi connectivity index (χ1n) is 5.62. The van der Waals surface area contributed by atoms with Gasteiger partial charge in [0, 0.05) is 13.0 Å². The average molecular weight is 280 g/mol. The molecule has 0 bridgehead atoms. The molecule has 0 fully saturated rings. The van der Waals surface area contributed by atoms with Gasteiger partial charge in [-0.1, -0.05) is 0 Å². The zero-order chi connectivity index (χ0) is 13.7. The third-order valence-electron chi connectivity index (χ3n) is 2.38. The number of carboxylic acids is 1. The molecular weight excluding hydrogens is 268 g/mol. The molecule has 7 nitrogen and oxygen atoms in total. The van der Waals surface area contributed by atoms with Gasteiger partial charge in [-0.15, -0.1) is 11.3 Å². The molecule has 0 aromatic carbocycles. The topological polar surface area (TPSA) is 108 Å². The van der Waals surface area contributed by atoms with Crippen molar-refractivity contribution in [1.29, 1.82) is 0 Å². The monoisotopic (exact) mass is 280 g/mol. The number of carbonyl (C=O) groups excluding carboxylic acids is 1. The minimum absolute atomic E-state index is 0.159. The number of thiophene rings is 1. The Morgan fingerprint density at radius 2 is 2.16 bits per heavy atom. The highest BCUT2D eigenvalue weighted by molar-refractivity contribution is 7.15. The van der Waals surface area contributed by atoms with E-state index in [9.17, 15) is 9.59 Å². The van der Waals surface area contributed by atoms with Crippen LogP contribution < -0.4 is 5.32 Å². The van der Waals surface area contributed by atoms with Gasteiger partial charge < -0.3 is 10.4 Å². The number of amides is 1. The molecule has 8 heteroatoms. The van der Waals surface area contributed by atoms with Gasteiger partial charge in [-0.25, -0.2) is 9.78 Å². The van der Waals surface area contributed by atoms with Crippen LogP contribution in [0.4, 0.5) is 0 Å². The van der Waals surface area contributed by atoms with Crippen molar-refractivity contribution in [3.05, 3.63) is 34.0 Å². The lowest BCUT2D eigenvalue weighted by Gasteiger charge is -2.01. The number of aromatic nitrogens is 3. The van der Waals surface area contributed by atoms with Crippen molar-refractivity contribution < 1.29 is 14.7 Å². The number of aryl methyl sites for hydroxylation is 1. The normalized spacial score (nSPS) is 10.3. The highest BCUT2D eigenvalue weighted by Gasteiger charge is 2.12. The number of rotatable bonds is 6. The number of H-pyrrole nitrogens is 1. The van der Waals surface area contributed by atoms with E-state index in [0.717, 1.165) is 23.6 Å². The van der Waals surface area contributed by atoms with E-state index in [2.05, 4.69) is 20.5 Å². The van der Waals surface area contributed by atoms with Crippen LogP contribution in [0.15, 0.2) is 18.5 Å². The highest BCUT2D eigenvalue weighted by Crippen LogP contribution is 2.16. The van der Waals surface area contributed by atoms with Crippen molar-refractivity contribution in [2.75, 3.05) is 6.54 Å². The molecule has 2 rings (SSSR count). The van der Waals surface area contributed by atoms with Crippen LogP contribution in [-0.2, 0) is 6.42 Å². The SMILES string of the molecule is O=C(O)c1ccc(C(=O)NCCCc2ncn[nH]2)s1. The van der Waals surface area contributed by atoms with Crippen molar-refractivity contribution >= 4 is 23.2 Å². The van der Waals surface area contributed by atoms with Gasteiger partial charge in [0.1, 0.15) is 17.0 Å². The van der Waals surface area contributed by atoms with Crippen LogP contribution in [0, 0.1) is 0 Å². The molecule has 1 amide bonds. The van der Waals surface area contributed by atoms with E-state index in [1.165, 1.54) is 18.5 Å². The van der Waals surface area contributed by atoms with Gasteiger partial charge in [-0.05, 0) is 18.6 Å². The molecule has 3 N–H and O–H groups in total. The summed E-state index contributed by atoms with van der Waals surface area (Å²) in [4.78, 5) is 26.9. The second-order valence-corrected chi connectivity index (χ2v) is 4.84. The van der Waals surface area contributed by atoms with Crippen molar-refractivity contribution in [2.24, 2.45) is 0 Å². The molecule has 0 saturated heterocycles. The Morgan fingerprint density at radius 1 is 1.37 bits per heavy atom. The number of aromatic carboxylic acids is 1. The fourth-order valence-electron chi connectivity index (χ4n) is 1.47. The molecule has 2 aromatic rings. The highest BCUT2D eigenvalue weighted by atomic mass is 32.1. The Hall–Kier alpha value is -2.22. The lowest BCUT2D eigenvalue weighted by molar-refractivity contribution is 0.0702. The average Bonchev–Trinajstić information content (AvgIpc) is 3.05. The minimum Gasteiger partial charge on any atom is -0.477 e. The summed E-state index contributed by atoms with van der Waals surface area (Å²) in [5, 5.41) is 18.0.